The zero-order valence-electron chi connectivity index (χ0n) is 7.16. The molecule has 72 valence electrons. The Bertz CT molecular complexity index is 388. The number of hydrogen-bond acceptors (Lipinski definition) is 2. The smallest absolute Gasteiger partial charge is 0.255 e. The first-order valence-corrected chi connectivity index (χ1v) is 4.05. The number of nitrogens with zero attached hydrogens (tertiary/aromatic N) is 1. The third-order valence-electron chi connectivity index (χ3n) is 1.88. The zero-order chi connectivity index (χ0) is 10.1. The van der Waals surface area contributed by atoms with Gasteiger partial charge in [0.05, 0.1) is 5.69 Å². The fourth-order valence-corrected chi connectivity index (χ4v) is 1.24. The predicted octanol–water partition coefficient (Wildman–Crippen LogP) is 0.594. The molecule has 0 saturated carbocycles. The maximum Gasteiger partial charge on any atom is 0.255 e. The number of anilines is 1. The second-order valence-corrected chi connectivity index (χ2v) is 2.92. The van der Waals surface area contributed by atoms with Crippen LogP contribution in [0, 0.1) is 5.82 Å². The molecule has 1 aliphatic rings. The standard InChI is InChI=1S/C9H7FN2O2/c10-6-1-3-7(4-2-6)12-9(14)5-8(13)11-12/h1-4H,5H2,(H,11,13). The Balaban J connectivity index is 2.27. The lowest BCUT2D eigenvalue weighted by atomic mass is 10.3. The number of benzene rings is 1. The highest BCUT2D eigenvalue weighted by molar-refractivity contribution is 6.11. The minimum atomic E-state index is -0.383. The van der Waals surface area contributed by atoms with Crippen molar-refractivity contribution in [2.24, 2.45) is 0 Å². The lowest BCUT2D eigenvalue weighted by Gasteiger charge is -2.14. The van der Waals surface area contributed by atoms with Crippen LogP contribution in [0.15, 0.2) is 24.3 Å². The molecule has 4 nitrogen and oxygen atoms in total. The monoisotopic (exact) mass is 194 g/mol. The average Bonchev–Trinajstić information content (AvgIpc) is 2.47. The molecule has 0 spiro atoms. The van der Waals surface area contributed by atoms with Crippen molar-refractivity contribution in [3.63, 3.8) is 0 Å². The molecule has 0 unspecified atom stereocenters. The quantitative estimate of drug-likeness (QED) is 0.665. The molecule has 5 heteroatoms. The van der Waals surface area contributed by atoms with E-state index in [4.69, 9.17) is 0 Å². The molecule has 1 fully saturated rings. The van der Waals surface area contributed by atoms with Crippen LogP contribution < -0.4 is 10.4 Å². The molecule has 1 aromatic carbocycles. The molecule has 1 saturated heterocycles. The van der Waals surface area contributed by atoms with E-state index < -0.39 is 0 Å². The Morgan fingerprint density at radius 1 is 1.21 bits per heavy atom. The maximum absolute atomic E-state index is 12.6. The SMILES string of the molecule is O=C1CC(=O)N(c2ccc(F)cc2)N1. The van der Waals surface area contributed by atoms with Gasteiger partial charge in [-0.25, -0.2) is 9.40 Å². The van der Waals surface area contributed by atoms with Crippen LogP contribution >= 0.6 is 0 Å². The first-order chi connectivity index (χ1) is 6.66. The number of amides is 2. The van der Waals surface area contributed by atoms with E-state index in [1.807, 2.05) is 0 Å². The Labute approximate surface area is 79.3 Å². The lowest BCUT2D eigenvalue weighted by Crippen LogP contribution is -2.35. The van der Waals surface area contributed by atoms with Crippen molar-refractivity contribution in [3.8, 4) is 0 Å². The van der Waals surface area contributed by atoms with E-state index in [1.54, 1.807) is 0 Å². The van der Waals surface area contributed by atoms with Crippen LogP contribution in [0.4, 0.5) is 10.1 Å². The molecule has 0 atom stereocenters. The number of nitrogens with one attached hydrogen (secondary N) is 1. The highest BCUT2D eigenvalue weighted by atomic mass is 19.1. The number of hydrazine groups is 1. The molecule has 1 heterocycles. The summed E-state index contributed by atoms with van der Waals surface area (Å²) in [5.74, 6) is -1.06. The van der Waals surface area contributed by atoms with E-state index in [0.717, 1.165) is 5.01 Å². The van der Waals surface area contributed by atoms with Gasteiger partial charge in [0.25, 0.3) is 5.91 Å². The summed E-state index contributed by atoms with van der Waals surface area (Å²) < 4.78 is 12.6. The van der Waals surface area contributed by atoms with Crippen LogP contribution in [0.3, 0.4) is 0 Å². The van der Waals surface area contributed by atoms with Gasteiger partial charge in [-0.2, -0.15) is 0 Å². The zero-order valence-corrected chi connectivity index (χ0v) is 7.16. The number of hydrogen-bond donors (Lipinski definition) is 1. The summed E-state index contributed by atoms with van der Waals surface area (Å²) in [4.78, 5) is 22.1. The molecule has 1 aliphatic heterocycles. The van der Waals surface area contributed by atoms with Gasteiger partial charge in [-0.1, -0.05) is 0 Å². The second-order valence-electron chi connectivity index (χ2n) is 2.92. The number of carbonyl (C=O) groups excluding carboxylic acids is 2. The third kappa shape index (κ3) is 1.44. The van der Waals surface area contributed by atoms with Crippen LogP contribution in [-0.2, 0) is 9.59 Å². The van der Waals surface area contributed by atoms with Gasteiger partial charge in [-0.15, -0.1) is 0 Å². The number of rotatable bonds is 1. The molecular formula is C9H7FN2O2. The minimum absolute atomic E-state index is 0.155. The van der Waals surface area contributed by atoms with Crippen LogP contribution in [-0.4, -0.2) is 11.8 Å². The van der Waals surface area contributed by atoms with Crippen molar-refractivity contribution in [2.75, 3.05) is 5.01 Å². The normalized spacial score (nSPS) is 15.9. The van der Waals surface area contributed by atoms with Gasteiger partial charge >= 0.3 is 0 Å². The van der Waals surface area contributed by atoms with Gasteiger partial charge in [-0.05, 0) is 24.3 Å². The van der Waals surface area contributed by atoms with E-state index in [0.29, 0.717) is 5.69 Å². The molecule has 2 amide bonds. The first-order valence-electron chi connectivity index (χ1n) is 4.05. The maximum atomic E-state index is 12.6. The van der Waals surface area contributed by atoms with Crippen LogP contribution in [0.2, 0.25) is 0 Å². The van der Waals surface area contributed by atoms with E-state index in [9.17, 15) is 14.0 Å². The molecule has 1 aromatic rings. The predicted molar refractivity (Wildman–Crippen MR) is 46.6 cm³/mol. The Kier molecular flexibility index (Phi) is 1.92. The molecule has 0 aromatic heterocycles. The van der Waals surface area contributed by atoms with E-state index in [-0.39, 0.29) is 24.1 Å². The van der Waals surface area contributed by atoms with Crippen molar-refractivity contribution < 1.29 is 14.0 Å². The highest BCUT2D eigenvalue weighted by Crippen LogP contribution is 2.16. The van der Waals surface area contributed by atoms with E-state index in [2.05, 4.69) is 5.43 Å². The van der Waals surface area contributed by atoms with Crippen LogP contribution in [0.25, 0.3) is 0 Å². The molecule has 0 bridgehead atoms. The van der Waals surface area contributed by atoms with Crippen LogP contribution in [0.1, 0.15) is 6.42 Å². The van der Waals surface area contributed by atoms with Crippen LogP contribution in [0.5, 0.6) is 0 Å². The third-order valence-corrected chi connectivity index (χ3v) is 1.88. The van der Waals surface area contributed by atoms with Crippen molar-refractivity contribution in [1.82, 2.24) is 5.43 Å². The summed E-state index contributed by atoms with van der Waals surface area (Å²) in [6.45, 7) is 0. The van der Waals surface area contributed by atoms with Gasteiger partial charge in [0.15, 0.2) is 0 Å². The summed E-state index contributed by atoms with van der Waals surface area (Å²) in [5.41, 5.74) is 2.82. The summed E-state index contributed by atoms with van der Waals surface area (Å²) in [7, 11) is 0. The van der Waals surface area contributed by atoms with Gasteiger partial charge in [0, 0.05) is 0 Å². The fraction of sp³-hybridized carbons (Fsp3) is 0.111. The van der Waals surface area contributed by atoms with Crippen molar-refractivity contribution in [2.45, 2.75) is 6.42 Å². The largest absolute Gasteiger partial charge is 0.273 e. The van der Waals surface area contributed by atoms with E-state index >= 15 is 0 Å². The molecule has 1 N–H and O–H groups in total. The highest BCUT2D eigenvalue weighted by Gasteiger charge is 2.27. The molecule has 14 heavy (non-hydrogen) atoms. The lowest BCUT2D eigenvalue weighted by molar-refractivity contribution is -0.122. The molecule has 0 aliphatic carbocycles. The summed E-state index contributed by atoms with van der Waals surface area (Å²) in [5, 5.41) is 1.11. The number of carbonyl (C=O) groups is 2. The second kappa shape index (κ2) is 3.10. The first kappa shape index (κ1) is 8.68. The van der Waals surface area contributed by atoms with Gasteiger partial charge in [-0.3, -0.25) is 15.0 Å². The number of halogens is 1. The topological polar surface area (TPSA) is 49.4 Å². The van der Waals surface area contributed by atoms with Gasteiger partial charge in [0.2, 0.25) is 5.91 Å². The molecule has 2 rings (SSSR count). The van der Waals surface area contributed by atoms with Gasteiger partial charge in [0.1, 0.15) is 12.2 Å². The van der Waals surface area contributed by atoms with Gasteiger partial charge < -0.3 is 0 Å². The van der Waals surface area contributed by atoms with Crippen molar-refractivity contribution >= 4 is 17.5 Å². The fourth-order valence-electron chi connectivity index (χ4n) is 1.24. The summed E-state index contributed by atoms with van der Waals surface area (Å²) in [6, 6.07) is 5.32. The molecule has 0 radical (unpaired) electrons. The Hall–Kier alpha value is -1.91. The van der Waals surface area contributed by atoms with Crippen molar-refractivity contribution in [1.29, 1.82) is 0 Å². The summed E-state index contributed by atoms with van der Waals surface area (Å²) in [6.07, 6.45) is -0.155. The van der Waals surface area contributed by atoms with E-state index in [1.165, 1.54) is 24.3 Å². The van der Waals surface area contributed by atoms with Crippen molar-refractivity contribution in [3.05, 3.63) is 30.1 Å². The minimum Gasteiger partial charge on any atom is -0.273 e. The molecular weight excluding hydrogens is 187 g/mol. The average molecular weight is 194 g/mol. The Morgan fingerprint density at radius 2 is 1.86 bits per heavy atom. The Morgan fingerprint density at radius 3 is 2.36 bits per heavy atom. The summed E-state index contributed by atoms with van der Waals surface area (Å²) >= 11 is 0.